The Labute approximate surface area is 120 Å². The van der Waals surface area contributed by atoms with Gasteiger partial charge in [0.15, 0.2) is 0 Å². The van der Waals surface area contributed by atoms with E-state index in [4.69, 9.17) is 5.73 Å². The summed E-state index contributed by atoms with van der Waals surface area (Å²) < 4.78 is 0. The predicted molar refractivity (Wildman–Crippen MR) is 82.7 cm³/mol. The molecule has 104 valence electrons. The van der Waals surface area contributed by atoms with Crippen LogP contribution in [0.4, 0.5) is 5.69 Å². The van der Waals surface area contributed by atoms with Crippen LogP contribution in [-0.4, -0.2) is 24.4 Å². The van der Waals surface area contributed by atoms with Crippen molar-refractivity contribution in [2.75, 3.05) is 19.3 Å². The van der Waals surface area contributed by atoms with Crippen molar-refractivity contribution < 1.29 is 4.79 Å². The molecule has 0 heterocycles. The number of likely N-dealkylation sites (N-methyl/N-ethyl adjacent to an activating group) is 1. The zero-order chi connectivity index (χ0) is 14.5. The Kier molecular flexibility index (Phi) is 4.41. The standard InChI is InChI=1S/C17H20N2O/c1-13-6-3-4-7-14(13)10-11-19(2)17(20)15-8-5-9-16(18)12-15/h3-9,12H,10-11,18H2,1-2H3. The SMILES string of the molecule is Cc1ccccc1CCN(C)C(=O)c1cccc(N)c1. The highest BCUT2D eigenvalue weighted by molar-refractivity contribution is 5.94. The molecule has 0 unspecified atom stereocenters. The lowest BCUT2D eigenvalue weighted by Crippen LogP contribution is -2.29. The molecule has 0 aromatic heterocycles. The van der Waals surface area contributed by atoms with E-state index in [0.717, 1.165) is 6.42 Å². The summed E-state index contributed by atoms with van der Waals surface area (Å²) in [6.07, 6.45) is 0.858. The van der Waals surface area contributed by atoms with Crippen LogP contribution in [0.2, 0.25) is 0 Å². The van der Waals surface area contributed by atoms with E-state index in [1.165, 1.54) is 11.1 Å². The number of rotatable bonds is 4. The van der Waals surface area contributed by atoms with Crippen molar-refractivity contribution in [2.24, 2.45) is 0 Å². The zero-order valence-electron chi connectivity index (χ0n) is 12.0. The Morgan fingerprint density at radius 1 is 1.15 bits per heavy atom. The van der Waals surface area contributed by atoms with Crippen molar-refractivity contribution in [3.05, 3.63) is 65.2 Å². The van der Waals surface area contributed by atoms with Gasteiger partial charge >= 0.3 is 0 Å². The number of nitrogens with zero attached hydrogens (tertiary/aromatic N) is 1. The fraction of sp³-hybridized carbons (Fsp3) is 0.235. The van der Waals surface area contributed by atoms with Gasteiger partial charge in [-0.2, -0.15) is 0 Å². The van der Waals surface area contributed by atoms with Gasteiger partial charge < -0.3 is 10.6 Å². The van der Waals surface area contributed by atoms with Crippen molar-refractivity contribution in [3.63, 3.8) is 0 Å². The van der Waals surface area contributed by atoms with Gasteiger partial charge in [-0.3, -0.25) is 4.79 Å². The molecule has 0 aliphatic rings. The minimum absolute atomic E-state index is 0.00545. The van der Waals surface area contributed by atoms with E-state index >= 15 is 0 Å². The van der Waals surface area contributed by atoms with Crippen molar-refractivity contribution >= 4 is 11.6 Å². The minimum Gasteiger partial charge on any atom is -0.399 e. The van der Waals surface area contributed by atoms with E-state index in [9.17, 15) is 4.79 Å². The highest BCUT2D eigenvalue weighted by Crippen LogP contribution is 2.11. The van der Waals surface area contributed by atoms with Crippen molar-refractivity contribution in [3.8, 4) is 0 Å². The van der Waals surface area contributed by atoms with Gasteiger partial charge in [0.05, 0.1) is 0 Å². The van der Waals surface area contributed by atoms with E-state index in [0.29, 0.717) is 17.8 Å². The second-order valence-corrected chi connectivity index (χ2v) is 5.03. The molecule has 1 amide bonds. The van der Waals surface area contributed by atoms with Crippen LogP contribution < -0.4 is 5.73 Å². The maximum absolute atomic E-state index is 12.3. The Balaban J connectivity index is 2.00. The van der Waals surface area contributed by atoms with Crippen molar-refractivity contribution in [2.45, 2.75) is 13.3 Å². The van der Waals surface area contributed by atoms with Gasteiger partial charge in [0.25, 0.3) is 5.91 Å². The molecule has 2 aromatic carbocycles. The van der Waals surface area contributed by atoms with E-state index in [-0.39, 0.29) is 5.91 Å². The minimum atomic E-state index is 0.00545. The number of nitrogens with two attached hydrogens (primary N) is 1. The van der Waals surface area contributed by atoms with Crippen molar-refractivity contribution in [1.82, 2.24) is 4.90 Å². The van der Waals surface area contributed by atoms with Crippen LogP contribution in [0.1, 0.15) is 21.5 Å². The molecule has 3 heteroatoms. The van der Waals surface area contributed by atoms with Crippen LogP contribution >= 0.6 is 0 Å². The molecule has 2 rings (SSSR count). The van der Waals surface area contributed by atoms with Gasteiger partial charge in [-0.25, -0.2) is 0 Å². The summed E-state index contributed by atoms with van der Waals surface area (Å²) in [4.78, 5) is 14.0. The largest absolute Gasteiger partial charge is 0.399 e. The molecule has 0 aliphatic carbocycles. The average Bonchev–Trinajstić information content (AvgIpc) is 2.45. The van der Waals surface area contributed by atoms with Crippen LogP contribution in [0.15, 0.2) is 48.5 Å². The molecule has 2 aromatic rings. The Morgan fingerprint density at radius 3 is 2.60 bits per heavy atom. The lowest BCUT2D eigenvalue weighted by molar-refractivity contribution is 0.0796. The lowest BCUT2D eigenvalue weighted by Gasteiger charge is -2.18. The number of anilines is 1. The fourth-order valence-corrected chi connectivity index (χ4v) is 2.17. The molecule has 0 fully saturated rings. The number of hydrogen-bond acceptors (Lipinski definition) is 2. The predicted octanol–water partition coefficient (Wildman–Crippen LogP) is 2.89. The summed E-state index contributed by atoms with van der Waals surface area (Å²) in [5.41, 5.74) is 9.50. The molecule has 0 spiro atoms. The van der Waals surface area contributed by atoms with Gasteiger partial charge in [0.1, 0.15) is 0 Å². The first-order chi connectivity index (χ1) is 9.58. The second kappa shape index (κ2) is 6.24. The summed E-state index contributed by atoms with van der Waals surface area (Å²) in [5, 5.41) is 0. The zero-order valence-corrected chi connectivity index (χ0v) is 12.0. The van der Waals surface area contributed by atoms with Crippen LogP contribution in [0, 0.1) is 6.92 Å². The Morgan fingerprint density at radius 2 is 1.90 bits per heavy atom. The summed E-state index contributed by atoms with van der Waals surface area (Å²) >= 11 is 0. The molecular formula is C17H20N2O. The highest BCUT2D eigenvalue weighted by Gasteiger charge is 2.11. The van der Waals surface area contributed by atoms with E-state index < -0.39 is 0 Å². The maximum Gasteiger partial charge on any atom is 0.253 e. The molecule has 0 bridgehead atoms. The number of aryl methyl sites for hydroxylation is 1. The molecule has 0 saturated heterocycles. The van der Waals surface area contributed by atoms with Crippen molar-refractivity contribution in [1.29, 1.82) is 0 Å². The quantitative estimate of drug-likeness (QED) is 0.867. The van der Waals surface area contributed by atoms with Crippen LogP contribution in [0.3, 0.4) is 0 Å². The maximum atomic E-state index is 12.3. The lowest BCUT2D eigenvalue weighted by atomic mass is 10.1. The number of carbonyl (C=O) groups is 1. The third-order valence-electron chi connectivity index (χ3n) is 3.46. The van der Waals surface area contributed by atoms with Gasteiger partial charge in [-0.1, -0.05) is 30.3 Å². The first kappa shape index (κ1) is 14.1. The normalized spacial score (nSPS) is 10.3. The van der Waals surface area contributed by atoms with Gasteiger partial charge in [-0.05, 0) is 42.7 Å². The van der Waals surface area contributed by atoms with Crippen LogP contribution in [-0.2, 0) is 6.42 Å². The number of nitrogen functional groups attached to an aromatic ring is 1. The second-order valence-electron chi connectivity index (χ2n) is 5.03. The summed E-state index contributed by atoms with van der Waals surface area (Å²) in [6.45, 7) is 2.79. The molecular weight excluding hydrogens is 248 g/mol. The monoisotopic (exact) mass is 268 g/mol. The van der Waals surface area contributed by atoms with Gasteiger partial charge in [-0.15, -0.1) is 0 Å². The number of benzene rings is 2. The third kappa shape index (κ3) is 3.38. The average molecular weight is 268 g/mol. The molecule has 20 heavy (non-hydrogen) atoms. The molecule has 2 N–H and O–H groups in total. The smallest absolute Gasteiger partial charge is 0.253 e. The van der Waals surface area contributed by atoms with E-state index in [2.05, 4.69) is 19.1 Å². The van der Waals surface area contributed by atoms with Gasteiger partial charge in [0.2, 0.25) is 0 Å². The fourth-order valence-electron chi connectivity index (χ4n) is 2.17. The first-order valence-corrected chi connectivity index (χ1v) is 6.73. The highest BCUT2D eigenvalue weighted by atomic mass is 16.2. The summed E-state index contributed by atoms with van der Waals surface area (Å²) in [6, 6.07) is 15.4. The molecule has 0 aliphatic heterocycles. The Hall–Kier alpha value is -2.29. The molecule has 0 atom stereocenters. The van der Waals surface area contributed by atoms with Crippen LogP contribution in [0.5, 0.6) is 0 Å². The number of carbonyl (C=O) groups excluding carboxylic acids is 1. The summed E-state index contributed by atoms with van der Waals surface area (Å²) in [7, 11) is 1.82. The van der Waals surface area contributed by atoms with Gasteiger partial charge in [0, 0.05) is 24.8 Å². The third-order valence-corrected chi connectivity index (χ3v) is 3.46. The van der Waals surface area contributed by atoms with Crippen LogP contribution in [0.25, 0.3) is 0 Å². The Bertz CT molecular complexity index is 607. The number of hydrogen-bond donors (Lipinski definition) is 1. The van der Waals surface area contributed by atoms with E-state index in [1.807, 2.05) is 19.2 Å². The number of amides is 1. The van der Waals surface area contributed by atoms with E-state index in [1.54, 1.807) is 29.2 Å². The first-order valence-electron chi connectivity index (χ1n) is 6.73. The molecule has 3 nitrogen and oxygen atoms in total. The molecule has 0 radical (unpaired) electrons. The molecule has 0 saturated carbocycles. The summed E-state index contributed by atoms with van der Waals surface area (Å²) in [5.74, 6) is 0.00545. The topological polar surface area (TPSA) is 46.3 Å².